The van der Waals surface area contributed by atoms with Gasteiger partial charge in [-0.2, -0.15) is 0 Å². The average molecular weight is 879 g/mol. The third-order valence-corrected chi connectivity index (χ3v) is 14.0. The molecule has 11 rings (SSSR count). The molecule has 5 heteroatoms. The van der Waals surface area contributed by atoms with Crippen LogP contribution < -0.4 is 9.80 Å². The number of fused-ring (bicyclic) bond motifs is 3. The number of para-hydroxylation sites is 4. The summed E-state index contributed by atoms with van der Waals surface area (Å²) in [5.74, 6) is 6.38. The van der Waals surface area contributed by atoms with Crippen molar-refractivity contribution >= 4 is 45.5 Å². The van der Waals surface area contributed by atoms with E-state index in [9.17, 15) is 0 Å². The number of thiophene rings is 1. The van der Waals surface area contributed by atoms with Crippen LogP contribution >= 0.6 is 11.3 Å². The molecular weight excluding hydrogens is 833 g/mol. The van der Waals surface area contributed by atoms with E-state index < -0.39 is 0 Å². The first-order valence-electron chi connectivity index (χ1n) is 22.6. The summed E-state index contributed by atoms with van der Waals surface area (Å²) in [6.07, 6.45) is 3.75. The Morgan fingerprint density at radius 1 is 0.403 bits per heavy atom. The molecule has 8 aromatic carbocycles. The van der Waals surface area contributed by atoms with Gasteiger partial charge in [0.25, 0.3) is 0 Å². The smallest absolute Gasteiger partial charge is 0.204 e. The lowest BCUT2D eigenvalue weighted by molar-refractivity contribution is 0.661. The summed E-state index contributed by atoms with van der Waals surface area (Å²) >= 11 is 1.86. The first kappa shape index (κ1) is 41.4. The number of benzene rings is 8. The Labute approximate surface area is 397 Å². The third kappa shape index (κ3) is 7.88. The van der Waals surface area contributed by atoms with Crippen molar-refractivity contribution in [3.05, 3.63) is 242 Å². The molecule has 0 spiro atoms. The standard InChI is InChI=1S/C62H46N4S/c1-4-17-60-63-41-47(42-64-60)45-30-36-54-55-37-31-46(39-58(55)62(2,3)57(54)38-45)59-40-56(43-26-32-52(33-27-43)65(48-18-9-5-10-19-48)49-20-11-6-12-21-49)61(67-59)44-28-34-53(35-29-44)66(50-22-13-7-14-23-50)51-24-15-8-16-25-51/h5-16,18-42H,1-3H3. The van der Waals surface area contributed by atoms with Gasteiger partial charge < -0.3 is 9.80 Å². The Kier molecular flexibility index (Phi) is 10.9. The van der Waals surface area contributed by atoms with Crippen LogP contribution in [-0.4, -0.2) is 9.97 Å². The first-order valence-corrected chi connectivity index (χ1v) is 23.4. The summed E-state index contributed by atoms with van der Waals surface area (Å²) in [6, 6.07) is 76.7. The molecular formula is C62H46N4S. The van der Waals surface area contributed by atoms with Crippen LogP contribution in [0.3, 0.4) is 0 Å². The highest BCUT2D eigenvalue weighted by Gasteiger charge is 2.36. The molecule has 0 saturated heterocycles. The molecule has 1 aliphatic rings. The van der Waals surface area contributed by atoms with Crippen LogP contribution in [0.1, 0.15) is 37.7 Å². The fourth-order valence-corrected chi connectivity index (χ4v) is 10.6. The molecule has 2 heterocycles. The predicted molar refractivity (Wildman–Crippen MR) is 281 cm³/mol. The quantitative estimate of drug-likeness (QED) is 0.128. The van der Waals surface area contributed by atoms with Gasteiger partial charge in [0, 0.05) is 72.8 Å². The Hall–Kier alpha value is -8.30. The SMILES string of the molecule is CC#Cc1ncc(-c2ccc3c(c2)C(C)(C)c2cc(-c4cc(-c5ccc(N(c6ccccc6)c6ccccc6)cc5)c(-c5ccc(N(c6ccccc6)c6ccccc6)cc5)s4)ccc2-3)cn1. The summed E-state index contributed by atoms with van der Waals surface area (Å²) in [4.78, 5) is 16.1. The van der Waals surface area contributed by atoms with Crippen molar-refractivity contribution in [1.82, 2.24) is 9.97 Å². The minimum absolute atomic E-state index is 0.216. The molecule has 0 amide bonds. The number of rotatable bonds is 10. The predicted octanol–water partition coefficient (Wildman–Crippen LogP) is 16.8. The molecule has 1 aliphatic carbocycles. The van der Waals surface area contributed by atoms with E-state index in [0.717, 1.165) is 45.3 Å². The summed E-state index contributed by atoms with van der Waals surface area (Å²) < 4.78 is 0. The van der Waals surface area contributed by atoms with E-state index in [0.29, 0.717) is 5.82 Å². The second-order valence-electron chi connectivity index (χ2n) is 17.3. The monoisotopic (exact) mass is 878 g/mol. The molecule has 0 fully saturated rings. The van der Waals surface area contributed by atoms with Gasteiger partial charge in [-0.15, -0.1) is 11.3 Å². The lowest BCUT2D eigenvalue weighted by atomic mass is 9.81. The van der Waals surface area contributed by atoms with Crippen LogP contribution in [0, 0.1) is 11.8 Å². The van der Waals surface area contributed by atoms with Crippen molar-refractivity contribution in [2.24, 2.45) is 0 Å². The minimum Gasteiger partial charge on any atom is -0.311 e. The molecule has 320 valence electrons. The lowest BCUT2D eigenvalue weighted by Crippen LogP contribution is -2.15. The molecule has 2 aromatic heterocycles. The van der Waals surface area contributed by atoms with Crippen molar-refractivity contribution in [3.8, 4) is 66.1 Å². The summed E-state index contributed by atoms with van der Waals surface area (Å²) in [5, 5.41) is 0. The normalized spacial score (nSPS) is 12.1. The Morgan fingerprint density at radius 2 is 0.806 bits per heavy atom. The number of anilines is 6. The van der Waals surface area contributed by atoms with E-state index in [2.05, 4.69) is 258 Å². The molecule has 0 saturated carbocycles. The van der Waals surface area contributed by atoms with Gasteiger partial charge in [-0.25, -0.2) is 9.97 Å². The van der Waals surface area contributed by atoms with Gasteiger partial charge >= 0.3 is 0 Å². The number of hydrogen-bond acceptors (Lipinski definition) is 5. The average Bonchev–Trinajstić information content (AvgIpc) is 3.93. The lowest BCUT2D eigenvalue weighted by Gasteiger charge is -2.25. The summed E-state index contributed by atoms with van der Waals surface area (Å²) in [7, 11) is 0. The molecule has 0 unspecified atom stereocenters. The van der Waals surface area contributed by atoms with Crippen molar-refractivity contribution in [1.29, 1.82) is 0 Å². The van der Waals surface area contributed by atoms with E-state index in [-0.39, 0.29) is 5.41 Å². The second kappa shape index (κ2) is 17.6. The maximum atomic E-state index is 4.50. The van der Waals surface area contributed by atoms with Gasteiger partial charge in [-0.3, -0.25) is 0 Å². The fourth-order valence-electron chi connectivity index (χ4n) is 9.44. The third-order valence-electron chi connectivity index (χ3n) is 12.8. The first-order chi connectivity index (χ1) is 32.9. The molecule has 67 heavy (non-hydrogen) atoms. The topological polar surface area (TPSA) is 32.3 Å². The van der Waals surface area contributed by atoms with Gasteiger partial charge in [-0.1, -0.05) is 141 Å². The van der Waals surface area contributed by atoms with Crippen LogP contribution in [-0.2, 0) is 5.41 Å². The molecule has 0 atom stereocenters. The highest BCUT2D eigenvalue weighted by Crippen LogP contribution is 2.52. The zero-order chi connectivity index (χ0) is 45.3. The largest absolute Gasteiger partial charge is 0.311 e. The number of nitrogens with zero attached hydrogens (tertiary/aromatic N) is 4. The van der Waals surface area contributed by atoms with Gasteiger partial charge in [0.05, 0.1) is 0 Å². The molecule has 4 nitrogen and oxygen atoms in total. The maximum Gasteiger partial charge on any atom is 0.204 e. The highest BCUT2D eigenvalue weighted by atomic mass is 32.1. The zero-order valence-electron chi connectivity index (χ0n) is 37.6. The van der Waals surface area contributed by atoms with E-state index in [1.165, 1.54) is 54.3 Å². The molecule has 0 aliphatic heterocycles. The molecule has 0 radical (unpaired) electrons. The Morgan fingerprint density at radius 3 is 1.27 bits per heavy atom. The van der Waals surface area contributed by atoms with E-state index >= 15 is 0 Å². The van der Waals surface area contributed by atoms with E-state index in [1.54, 1.807) is 6.92 Å². The summed E-state index contributed by atoms with van der Waals surface area (Å²) in [5.41, 5.74) is 18.5. The summed E-state index contributed by atoms with van der Waals surface area (Å²) in [6.45, 7) is 6.49. The van der Waals surface area contributed by atoms with Crippen molar-refractivity contribution in [2.45, 2.75) is 26.2 Å². The van der Waals surface area contributed by atoms with Gasteiger partial charge in [-0.05, 0) is 148 Å². The van der Waals surface area contributed by atoms with Gasteiger partial charge in [0.2, 0.25) is 5.82 Å². The molecule has 0 N–H and O–H groups in total. The van der Waals surface area contributed by atoms with Crippen LogP contribution in [0.15, 0.2) is 225 Å². The van der Waals surface area contributed by atoms with E-state index in [1.807, 2.05) is 23.7 Å². The second-order valence-corrected chi connectivity index (χ2v) is 18.3. The van der Waals surface area contributed by atoms with Gasteiger partial charge in [0.15, 0.2) is 0 Å². The number of aromatic nitrogens is 2. The van der Waals surface area contributed by atoms with Crippen LogP contribution in [0.2, 0.25) is 0 Å². The Balaban J connectivity index is 0.993. The van der Waals surface area contributed by atoms with Crippen LogP contribution in [0.5, 0.6) is 0 Å². The van der Waals surface area contributed by atoms with Crippen molar-refractivity contribution < 1.29 is 0 Å². The van der Waals surface area contributed by atoms with Crippen molar-refractivity contribution in [3.63, 3.8) is 0 Å². The van der Waals surface area contributed by atoms with Crippen molar-refractivity contribution in [2.75, 3.05) is 9.80 Å². The van der Waals surface area contributed by atoms with Crippen LogP contribution in [0.25, 0.3) is 54.3 Å². The van der Waals surface area contributed by atoms with E-state index in [4.69, 9.17) is 0 Å². The zero-order valence-corrected chi connectivity index (χ0v) is 38.4. The fraction of sp³-hybridized carbons (Fsp3) is 0.0645. The van der Waals surface area contributed by atoms with Gasteiger partial charge in [0.1, 0.15) is 0 Å². The highest BCUT2D eigenvalue weighted by molar-refractivity contribution is 7.19. The number of hydrogen-bond donors (Lipinski definition) is 0. The van der Waals surface area contributed by atoms with Crippen LogP contribution in [0.4, 0.5) is 34.1 Å². The molecule has 10 aromatic rings. The Bertz CT molecular complexity index is 3180. The molecule has 0 bridgehead atoms. The maximum absolute atomic E-state index is 4.50. The minimum atomic E-state index is -0.216.